The van der Waals surface area contributed by atoms with Crippen LogP contribution in [-0.4, -0.2) is 53.5 Å². The van der Waals surface area contributed by atoms with Crippen molar-refractivity contribution >= 4 is 24.1 Å². The number of hydrogen-bond acceptors (Lipinski definition) is 9. The number of carboxylic acids is 1. The van der Waals surface area contributed by atoms with Gasteiger partial charge in [-0.1, -0.05) is 47.6 Å². The minimum Gasteiger partial charge on any atom is -0.480 e. The SMILES string of the molecule is CC(CN[C@@H](Cc1ccc(OC(=O)C(C)C(C)C)c(OC(=O)C(C)C(C)C)c1)C(=O)O)OC(=O)OC(C)(C)C. The van der Waals surface area contributed by atoms with Gasteiger partial charge in [-0.2, -0.15) is 0 Å². The van der Waals surface area contributed by atoms with Crippen LogP contribution >= 0.6 is 0 Å². The zero-order valence-electron chi connectivity index (χ0n) is 24.8. The predicted octanol–water partition coefficient (Wildman–Crippen LogP) is 5.01. The number of esters is 2. The second-order valence-corrected chi connectivity index (χ2v) is 11.6. The lowest BCUT2D eigenvalue weighted by molar-refractivity contribution is -0.142. The minimum absolute atomic E-state index is 0.0232. The van der Waals surface area contributed by atoms with Crippen molar-refractivity contribution in [2.24, 2.45) is 23.7 Å². The van der Waals surface area contributed by atoms with Gasteiger partial charge in [-0.15, -0.1) is 0 Å². The van der Waals surface area contributed by atoms with Gasteiger partial charge in [0.1, 0.15) is 17.7 Å². The molecule has 220 valence electrons. The molecule has 0 saturated carbocycles. The molecule has 0 aliphatic heterocycles. The molecule has 1 rings (SSSR count). The Balaban J connectivity index is 3.09. The van der Waals surface area contributed by atoms with E-state index in [4.69, 9.17) is 18.9 Å². The van der Waals surface area contributed by atoms with Gasteiger partial charge in [0.05, 0.1) is 11.8 Å². The fourth-order valence-corrected chi connectivity index (χ4v) is 3.06. The number of hydrogen-bond donors (Lipinski definition) is 2. The largest absolute Gasteiger partial charge is 0.509 e. The van der Waals surface area contributed by atoms with Gasteiger partial charge in [0.15, 0.2) is 11.5 Å². The zero-order chi connectivity index (χ0) is 30.1. The van der Waals surface area contributed by atoms with Crippen LogP contribution in [0.5, 0.6) is 11.5 Å². The number of rotatable bonds is 13. The number of carboxylic acid groups (broad SMARTS) is 1. The van der Waals surface area contributed by atoms with Gasteiger partial charge in [0, 0.05) is 6.54 Å². The van der Waals surface area contributed by atoms with Crippen LogP contribution in [0.1, 0.15) is 74.8 Å². The Morgan fingerprint density at radius 1 is 0.846 bits per heavy atom. The van der Waals surface area contributed by atoms with E-state index >= 15 is 0 Å². The molecule has 39 heavy (non-hydrogen) atoms. The number of carbonyl (C=O) groups is 4. The molecular formula is C29H45NO9. The summed E-state index contributed by atoms with van der Waals surface area (Å²) >= 11 is 0. The maximum atomic E-state index is 12.7. The number of benzene rings is 1. The Labute approximate surface area is 231 Å². The highest BCUT2D eigenvalue weighted by Crippen LogP contribution is 2.31. The lowest BCUT2D eigenvalue weighted by Crippen LogP contribution is -2.43. The van der Waals surface area contributed by atoms with Gasteiger partial charge in [0.2, 0.25) is 0 Å². The Kier molecular flexibility index (Phi) is 12.9. The molecule has 10 heteroatoms. The lowest BCUT2D eigenvalue weighted by Gasteiger charge is -2.22. The van der Waals surface area contributed by atoms with E-state index < -0.39 is 47.7 Å². The quantitative estimate of drug-likeness (QED) is 0.254. The van der Waals surface area contributed by atoms with Gasteiger partial charge in [-0.05, 0) is 63.6 Å². The Morgan fingerprint density at radius 3 is 1.82 bits per heavy atom. The predicted molar refractivity (Wildman–Crippen MR) is 146 cm³/mol. The molecule has 0 radical (unpaired) electrons. The summed E-state index contributed by atoms with van der Waals surface area (Å²) in [6.45, 7) is 17.9. The maximum Gasteiger partial charge on any atom is 0.509 e. The van der Waals surface area contributed by atoms with Crippen molar-refractivity contribution in [3.8, 4) is 11.5 Å². The molecule has 0 spiro atoms. The van der Waals surface area contributed by atoms with Gasteiger partial charge in [-0.25, -0.2) is 4.79 Å². The Bertz CT molecular complexity index is 997. The second kappa shape index (κ2) is 14.9. The molecule has 0 saturated heterocycles. The Hall–Kier alpha value is -3.14. The molecule has 3 unspecified atom stereocenters. The monoisotopic (exact) mass is 551 g/mol. The standard InChI is InChI=1S/C29H45NO9/c1-16(2)19(6)26(33)37-23-12-11-21(14-24(23)38-27(34)20(7)17(3)4)13-22(25(31)32)30-15-18(5)36-28(35)39-29(8,9)10/h11-12,14,16-20,22,30H,13,15H2,1-10H3,(H,31,32)/t18?,19?,20?,22-/m0/s1. The Morgan fingerprint density at radius 2 is 1.36 bits per heavy atom. The molecule has 0 bridgehead atoms. The van der Waals surface area contributed by atoms with E-state index in [1.54, 1.807) is 47.6 Å². The van der Waals surface area contributed by atoms with Gasteiger partial charge in [0.25, 0.3) is 0 Å². The molecule has 0 fully saturated rings. The first-order valence-electron chi connectivity index (χ1n) is 13.3. The molecule has 1 aromatic carbocycles. The van der Waals surface area contributed by atoms with Crippen LogP contribution in [0.15, 0.2) is 18.2 Å². The normalized spacial score (nSPS) is 14.8. The van der Waals surface area contributed by atoms with Crippen molar-refractivity contribution in [2.45, 2.75) is 93.4 Å². The van der Waals surface area contributed by atoms with Gasteiger partial charge >= 0.3 is 24.1 Å². The first kappa shape index (κ1) is 33.9. The van der Waals surface area contributed by atoms with Crippen LogP contribution in [0.4, 0.5) is 4.79 Å². The molecule has 10 nitrogen and oxygen atoms in total. The van der Waals surface area contributed by atoms with Crippen LogP contribution in [-0.2, 0) is 30.3 Å². The molecule has 2 N–H and O–H groups in total. The molecule has 0 aliphatic rings. The van der Waals surface area contributed by atoms with Crippen molar-refractivity contribution in [2.75, 3.05) is 6.54 Å². The van der Waals surface area contributed by atoms with Crippen molar-refractivity contribution in [3.05, 3.63) is 23.8 Å². The molecule has 0 aromatic heterocycles. The van der Waals surface area contributed by atoms with Crippen LogP contribution in [0, 0.1) is 23.7 Å². The third-order valence-corrected chi connectivity index (χ3v) is 6.25. The average Bonchev–Trinajstić information content (AvgIpc) is 2.80. The van der Waals surface area contributed by atoms with Gasteiger partial charge < -0.3 is 29.4 Å². The number of aliphatic carboxylic acids is 1. The molecular weight excluding hydrogens is 506 g/mol. The topological polar surface area (TPSA) is 137 Å². The van der Waals surface area contributed by atoms with Crippen molar-refractivity contribution in [1.29, 1.82) is 0 Å². The molecule has 4 atom stereocenters. The van der Waals surface area contributed by atoms with E-state index in [1.807, 2.05) is 27.7 Å². The van der Waals surface area contributed by atoms with E-state index in [2.05, 4.69) is 5.32 Å². The summed E-state index contributed by atoms with van der Waals surface area (Å²) in [5.74, 6) is -2.66. The lowest BCUT2D eigenvalue weighted by atomic mass is 9.98. The van der Waals surface area contributed by atoms with Crippen molar-refractivity contribution < 1.29 is 43.2 Å². The van der Waals surface area contributed by atoms with E-state index in [9.17, 15) is 24.3 Å². The molecule has 0 heterocycles. The van der Waals surface area contributed by atoms with Crippen molar-refractivity contribution in [3.63, 3.8) is 0 Å². The third kappa shape index (κ3) is 12.1. The van der Waals surface area contributed by atoms with Gasteiger partial charge in [-0.3, -0.25) is 14.4 Å². The van der Waals surface area contributed by atoms with E-state index in [0.29, 0.717) is 5.56 Å². The third-order valence-electron chi connectivity index (χ3n) is 6.25. The average molecular weight is 552 g/mol. The molecule has 1 aromatic rings. The summed E-state index contributed by atoms with van der Waals surface area (Å²) in [5, 5.41) is 12.6. The summed E-state index contributed by atoms with van der Waals surface area (Å²) in [6.07, 6.45) is -1.47. The van der Waals surface area contributed by atoms with Crippen LogP contribution in [0.25, 0.3) is 0 Å². The summed E-state index contributed by atoms with van der Waals surface area (Å²) in [5.41, 5.74) is -0.178. The summed E-state index contributed by atoms with van der Waals surface area (Å²) in [6, 6.07) is 3.58. The maximum absolute atomic E-state index is 12.7. The summed E-state index contributed by atoms with van der Waals surface area (Å²) in [4.78, 5) is 49.1. The smallest absolute Gasteiger partial charge is 0.480 e. The highest BCUT2D eigenvalue weighted by atomic mass is 16.7. The fraction of sp³-hybridized carbons (Fsp3) is 0.655. The number of carbonyl (C=O) groups excluding carboxylic acids is 3. The second-order valence-electron chi connectivity index (χ2n) is 11.6. The summed E-state index contributed by atoms with van der Waals surface area (Å²) in [7, 11) is 0. The highest BCUT2D eigenvalue weighted by Gasteiger charge is 2.26. The molecule has 0 amide bonds. The fourth-order valence-electron chi connectivity index (χ4n) is 3.06. The van der Waals surface area contributed by atoms with E-state index in [0.717, 1.165) is 0 Å². The summed E-state index contributed by atoms with van der Waals surface area (Å²) < 4.78 is 21.5. The van der Waals surface area contributed by atoms with E-state index in [-0.39, 0.29) is 42.2 Å². The minimum atomic E-state index is -1.12. The highest BCUT2D eigenvalue weighted by molar-refractivity contribution is 5.79. The first-order chi connectivity index (χ1) is 17.9. The zero-order valence-corrected chi connectivity index (χ0v) is 24.8. The number of ether oxygens (including phenoxy) is 4. The van der Waals surface area contributed by atoms with Crippen molar-refractivity contribution in [1.82, 2.24) is 5.32 Å². The van der Waals surface area contributed by atoms with Crippen LogP contribution < -0.4 is 14.8 Å². The van der Waals surface area contributed by atoms with Crippen LogP contribution in [0.3, 0.4) is 0 Å². The van der Waals surface area contributed by atoms with Crippen LogP contribution in [0.2, 0.25) is 0 Å². The first-order valence-corrected chi connectivity index (χ1v) is 13.3. The van der Waals surface area contributed by atoms with E-state index in [1.165, 1.54) is 12.1 Å². The molecule has 0 aliphatic carbocycles. The number of nitrogens with one attached hydrogen (secondary N) is 1.